The second-order valence-corrected chi connectivity index (χ2v) is 3.32. The SMILES string of the molecule is C=C(F)C[C@@H](N)c1ccc(Cl)cc1. The zero-order chi connectivity index (χ0) is 9.84. The van der Waals surface area contributed by atoms with Crippen molar-refractivity contribution in [2.45, 2.75) is 12.5 Å². The molecule has 0 spiro atoms. The summed E-state index contributed by atoms with van der Waals surface area (Å²) in [6.45, 7) is 3.17. The highest BCUT2D eigenvalue weighted by Gasteiger charge is 2.06. The molecular weight excluding hydrogens is 189 g/mol. The summed E-state index contributed by atoms with van der Waals surface area (Å²) in [7, 11) is 0. The van der Waals surface area contributed by atoms with E-state index in [0.717, 1.165) is 5.56 Å². The Bertz CT molecular complexity index is 294. The molecule has 0 saturated carbocycles. The first kappa shape index (κ1) is 10.2. The van der Waals surface area contributed by atoms with Crippen molar-refractivity contribution in [1.29, 1.82) is 0 Å². The minimum Gasteiger partial charge on any atom is -0.324 e. The van der Waals surface area contributed by atoms with Crippen molar-refractivity contribution in [3.05, 3.63) is 47.3 Å². The van der Waals surface area contributed by atoms with Crippen molar-refractivity contribution in [1.82, 2.24) is 0 Å². The van der Waals surface area contributed by atoms with Crippen LogP contribution in [-0.4, -0.2) is 0 Å². The predicted molar refractivity (Wildman–Crippen MR) is 53.2 cm³/mol. The molecule has 0 radical (unpaired) electrons. The molecule has 0 aliphatic carbocycles. The van der Waals surface area contributed by atoms with Gasteiger partial charge in [0.15, 0.2) is 0 Å². The van der Waals surface area contributed by atoms with Gasteiger partial charge in [0.25, 0.3) is 0 Å². The molecule has 1 aromatic rings. The van der Waals surface area contributed by atoms with Crippen molar-refractivity contribution >= 4 is 11.6 Å². The number of hydrogen-bond acceptors (Lipinski definition) is 1. The molecule has 1 nitrogen and oxygen atoms in total. The maximum absolute atomic E-state index is 12.4. The van der Waals surface area contributed by atoms with E-state index < -0.39 is 5.83 Å². The third-order valence-corrected chi connectivity index (χ3v) is 1.99. The minimum absolute atomic E-state index is 0.154. The number of benzene rings is 1. The average Bonchev–Trinajstić information content (AvgIpc) is 2.04. The van der Waals surface area contributed by atoms with Gasteiger partial charge in [-0.3, -0.25) is 0 Å². The Morgan fingerprint density at radius 2 is 2.00 bits per heavy atom. The monoisotopic (exact) mass is 199 g/mol. The van der Waals surface area contributed by atoms with Gasteiger partial charge < -0.3 is 5.73 Å². The molecule has 0 saturated heterocycles. The Morgan fingerprint density at radius 3 is 2.46 bits per heavy atom. The van der Waals surface area contributed by atoms with Crippen LogP contribution >= 0.6 is 11.6 Å². The molecule has 0 aliphatic rings. The molecule has 2 N–H and O–H groups in total. The largest absolute Gasteiger partial charge is 0.324 e. The first-order valence-corrected chi connectivity index (χ1v) is 4.31. The highest BCUT2D eigenvalue weighted by atomic mass is 35.5. The molecule has 70 valence electrons. The topological polar surface area (TPSA) is 26.0 Å². The average molecular weight is 200 g/mol. The lowest BCUT2D eigenvalue weighted by Gasteiger charge is -2.09. The molecule has 0 unspecified atom stereocenters. The summed E-state index contributed by atoms with van der Waals surface area (Å²) >= 11 is 5.69. The van der Waals surface area contributed by atoms with Gasteiger partial charge in [0.2, 0.25) is 0 Å². The van der Waals surface area contributed by atoms with Crippen LogP contribution in [0.5, 0.6) is 0 Å². The lowest BCUT2D eigenvalue weighted by molar-refractivity contribution is 0.550. The van der Waals surface area contributed by atoms with Crippen molar-refractivity contribution in [3.63, 3.8) is 0 Å². The van der Waals surface area contributed by atoms with Crippen molar-refractivity contribution < 1.29 is 4.39 Å². The smallest absolute Gasteiger partial charge is 0.0946 e. The molecule has 0 amide bonds. The van der Waals surface area contributed by atoms with E-state index >= 15 is 0 Å². The van der Waals surface area contributed by atoms with E-state index in [-0.39, 0.29) is 12.5 Å². The molecule has 0 fully saturated rings. The fraction of sp³-hybridized carbons (Fsp3) is 0.200. The Labute approximate surface area is 82.0 Å². The highest BCUT2D eigenvalue weighted by Crippen LogP contribution is 2.20. The van der Waals surface area contributed by atoms with E-state index in [0.29, 0.717) is 5.02 Å². The van der Waals surface area contributed by atoms with E-state index in [2.05, 4.69) is 6.58 Å². The van der Waals surface area contributed by atoms with E-state index in [1.54, 1.807) is 24.3 Å². The third kappa shape index (κ3) is 3.17. The summed E-state index contributed by atoms with van der Waals surface area (Å²) in [5.74, 6) is -0.401. The van der Waals surface area contributed by atoms with Gasteiger partial charge in [-0.1, -0.05) is 30.3 Å². The predicted octanol–water partition coefficient (Wildman–Crippen LogP) is 3.21. The van der Waals surface area contributed by atoms with Crippen LogP contribution in [0.25, 0.3) is 0 Å². The van der Waals surface area contributed by atoms with E-state index in [1.807, 2.05) is 0 Å². The number of nitrogens with two attached hydrogens (primary N) is 1. The van der Waals surface area contributed by atoms with Crippen molar-refractivity contribution in [2.24, 2.45) is 5.73 Å². The van der Waals surface area contributed by atoms with E-state index in [4.69, 9.17) is 17.3 Å². The molecule has 0 aromatic heterocycles. The fourth-order valence-electron chi connectivity index (χ4n) is 1.07. The first-order valence-electron chi connectivity index (χ1n) is 3.94. The zero-order valence-electron chi connectivity index (χ0n) is 7.13. The Hall–Kier alpha value is -0.860. The van der Waals surface area contributed by atoms with Crippen LogP contribution in [0.2, 0.25) is 5.02 Å². The second kappa shape index (κ2) is 4.40. The van der Waals surface area contributed by atoms with Crippen LogP contribution in [0, 0.1) is 0 Å². The van der Waals surface area contributed by atoms with Crippen LogP contribution in [0.1, 0.15) is 18.0 Å². The second-order valence-electron chi connectivity index (χ2n) is 2.88. The third-order valence-electron chi connectivity index (χ3n) is 1.74. The summed E-state index contributed by atoms with van der Waals surface area (Å²) in [4.78, 5) is 0. The quantitative estimate of drug-likeness (QED) is 0.795. The van der Waals surface area contributed by atoms with Crippen LogP contribution in [0.3, 0.4) is 0 Å². The molecule has 13 heavy (non-hydrogen) atoms. The summed E-state index contributed by atoms with van der Waals surface area (Å²) in [5, 5.41) is 0.648. The fourth-order valence-corrected chi connectivity index (χ4v) is 1.19. The van der Waals surface area contributed by atoms with Gasteiger partial charge in [-0.25, -0.2) is 4.39 Å². The Kier molecular flexibility index (Phi) is 3.46. The van der Waals surface area contributed by atoms with E-state index in [1.165, 1.54) is 0 Å². The first-order chi connectivity index (χ1) is 6.09. The highest BCUT2D eigenvalue weighted by molar-refractivity contribution is 6.30. The van der Waals surface area contributed by atoms with Crippen LogP contribution in [-0.2, 0) is 0 Å². The molecule has 1 atom stereocenters. The normalized spacial score (nSPS) is 12.5. The van der Waals surface area contributed by atoms with Gasteiger partial charge in [0.05, 0.1) is 5.83 Å². The molecule has 1 rings (SSSR count). The molecule has 0 bridgehead atoms. The van der Waals surface area contributed by atoms with Gasteiger partial charge in [-0.05, 0) is 17.7 Å². The zero-order valence-corrected chi connectivity index (χ0v) is 7.89. The summed E-state index contributed by atoms with van der Waals surface area (Å²) in [5.41, 5.74) is 6.57. The molecular formula is C10H11ClFN. The minimum atomic E-state index is -0.401. The lowest BCUT2D eigenvalue weighted by atomic mass is 10.0. The van der Waals surface area contributed by atoms with Crippen LogP contribution in [0.4, 0.5) is 4.39 Å². The number of rotatable bonds is 3. The van der Waals surface area contributed by atoms with Gasteiger partial charge in [-0.15, -0.1) is 0 Å². The van der Waals surface area contributed by atoms with Gasteiger partial charge in [0, 0.05) is 17.5 Å². The molecule has 3 heteroatoms. The van der Waals surface area contributed by atoms with Gasteiger partial charge in [0.1, 0.15) is 0 Å². The summed E-state index contributed by atoms with van der Waals surface area (Å²) in [6.07, 6.45) is 0.154. The molecule has 0 heterocycles. The number of halogens is 2. The number of hydrogen-bond donors (Lipinski definition) is 1. The standard InChI is InChI=1S/C10H11ClFN/c1-7(12)6-10(13)8-2-4-9(11)5-3-8/h2-5,10H,1,6,13H2/t10-/m1/s1. The maximum Gasteiger partial charge on any atom is 0.0946 e. The van der Waals surface area contributed by atoms with Gasteiger partial charge in [-0.2, -0.15) is 0 Å². The van der Waals surface area contributed by atoms with Crippen molar-refractivity contribution in [2.75, 3.05) is 0 Å². The van der Waals surface area contributed by atoms with Crippen LogP contribution in [0.15, 0.2) is 36.7 Å². The van der Waals surface area contributed by atoms with Crippen LogP contribution < -0.4 is 5.73 Å². The van der Waals surface area contributed by atoms with E-state index in [9.17, 15) is 4.39 Å². The molecule has 0 aliphatic heterocycles. The lowest BCUT2D eigenvalue weighted by Crippen LogP contribution is -2.09. The summed E-state index contributed by atoms with van der Waals surface area (Å²) in [6, 6.07) is 6.70. The van der Waals surface area contributed by atoms with Gasteiger partial charge >= 0.3 is 0 Å². The van der Waals surface area contributed by atoms with Crippen molar-refractivity contribution in [3.8, 4) is 0 Å². The maximum atomic E-state index is 12.4. The Balaban J connectivity index is 2.71. The Morgan fingerprint density at radius 1 is 1.46 bits per heavy atom. The summed E-state index contributed by atoms with van der Waals surface area (Å²) < 4.78 is 12.4. The molecule has 1 aromatic carbocycles.